The molecule has 1 heterocycles. The first-order valence-corrected chi connectivity index (χ1v) is 4.90. The van der Waals surface area contributed by atoms with Crippen LogP contribution in [0, 0.1) is 5.67 Å². The average Bonchev–Trinajstić information content (AvgIpc) is 2.00. The molecule has 0 aliphatic carbocycles. The van der Waals surface area contributed by atoms with Crippen molar-refractivity contribution >= 4 is 19.0 Å². The molecule has 0 bridgehead atoms. The standard InChI is InChI=1S/C7H6Si2/c1-2-4-6-9-7-8-5-3-1/h1-6H/b2-1-,5-3-,6-4-. The topological polar surface area (TPSA) is 0 Å². The average molecular weight is 146 g/mol. The highest BCUT2D eigenvalue weighted by Crippen LogP contribution is 1.84. The molecule has 0 aromatic heterocycles. The van der Waals surface area contributed by atoms with Gasteiger partial charge < -0.3 is 0 Å². The Hall–Kier alpha value is -0.346. The Morgan fingerprint density at radius 2 is 1.33 bits per heavy atom. The number of hydrogen-bond donors (Lipinski definition) is 0. The smallest absolute Gasteiger partial charge is 0.0740 e. The zero-order valence-corrected chi connectivity index (χ0v) is 6.96. The van der Waals surface area contributed by atoms with E-state index in [9.17, 15) is 0 Å². The summed E-state index contributed by atoms with van der Waals surface area (Å²) >= 11 is 0. The summed E-state index contributed by atoms with van der Waals surface area (Å²) in [5, 5.41) is 0. The molecule has 0 aromatic carbocycles. The fourth-order valence-electron chi connectivity index (χ4n) is 0.461. The maximum absolute atomic E-state index is 3.27. The third-order valence-corrected chi connectivity index (χ3v) is 2.71. The molecule has 0 aromatic rings. The Morgan fingerprint density at radius 3 is 1.89 bits per heavy atom. The van der Waals surface area contributed by atoms with Crippen LogP contribution in [0.25, 0.3) is 0 Å². The third kappa shape index (κ3) is 3.27. The zero-order chi connectivity index (χ0) is 6.36. The lowest BCUT2D eigenvalue weighted by Crippen LogP contribution is -1.93. The highest BCUT2D eigenvalue weighted by Gasteiger charge is 1.84. The van der Waals surface area contributed by atoms with Gasteiger partial charge in [0.2, 0.25) is 0 Å². The third-order valence-electron chi connectivity index (χ3n) is 0.837. The van der Waals surface area contributed by atoms with E-state index in [1.165, 1.54) is 0 Å². The van der Waals surface area contributed by atoms with E-state index >= 15 is 0 Å². The summed E-state index contributed by atoms with van der Waals surface area (Å²) in [5.74, 6) is 0. The summed E-state index contributed by atoms with van der Waals surface area (Å²) in [7, 11) is 1.53. The van der Waals surface area contributed by atoms with Crippen LogP contribution in [0.3, 0.4) is 0 Å². The maximum atomic E-state index is 3.27. The molecule has 0 fully saturated rings. The normalized spacial score (nSPS) is 29.3. The van der Waals surface area contributed by atoms with Crippen LogP contribution in [-0.2, 0) is 0 Å². The first-order chi connectivity index (χ1) is 4.50. The van der Waals surface area contributed by atoms with Gasteiger partial charge in [-0.25, -0.2) is 0 Å². The summed E-state index contributed by atoms with van der Waals surface area (Å²) in [6, 6.07) is 0. The van der Waals surface area contributed by atoms with E-state index < -0.39 is 0 Å². The van der Waals surface area contributed by atoms with Crippen molar-refractivity contribution in [1.82, 2.24) is 0 Å². The largest absolute Gasteiger partial charge is 0.0986 e. The van der Waals surface area contributed by atoms with Crippen molar-refractivity contribution in [2.75, 3.05) is 0 Å². The van der Waals surface area contributed by atoms with Gasteiger partial charge in [-0.1, -0.05) is 35.7 Å². The number of allylic oxidation sites excluding steroid dienone is 4. The fourth-order valence-corrected chi connectivity index (χ4v) is 1.88. The molecule has 0 spiro atoms. The van der Waals surface area contributed by atoms with E-state index in [1.54, 1.807) is 0 Å². The SMILES string of the molecule is [C]1[Si]\C=C/C=C\C=C/[Si]1. The lowest BCUT2D eigenvalue weighted by atomic mass is 10.5. The van der Waals surface area contributed by atoms with Crippen molar-refractivity contribution < 1.29 is 0 Å². The van der Waals surface area contributed by atoms with Crippen LogP contribution in [0.2, 0.25) is 0 Å². The second kappa shape index (κ2) is 4.52. The van der Waals surface area contributed by atoms with E-state index in [1.807, 2.05) is 12.2 Å². The molecule has 0 saturated heterocycles. The summed E-state index contributed by atoms with van der Waals surface area (Å²) in [5.41, 5.74) is 7.54. The van der Waals surface area contributed by atoms with Gasteiger partial charge in [0, 0.05) is 0 Å². The lowest BCUT2D eigenvalue weighted by molar-refractivity contribution is 1.95. The van der Waals surface area contributed by atoms with Crippen LogP contribution in [0.1, 0.15) is 0 Å². The molecule has 2 heteroatoms. The van der Waals surface area contributed by atoms with Gasteiger partial charge in [0.05, 0.1) is 19.0 Å². The zero-order valence-electron chi connectivity index (χ0n) is 4.96. The Kier molecular flexibility index (Phi) is 3.40. The van der Waals surface area contributed by atoms with Gasteiger partial charge in [-0.3, -0.25) is 0 Å². The molecular formula is C7H6Si2. The van der Waals surface area contributed by atoms with Crippen LogP contribution >= 0.6 is 0 Å². The second-order valence-electron chi connectivity index (χ2n) is 1.52. The van der Waals surface area contributed by atoms with Crippen LogP contribution in [0.4, 0.5) is 0 Å². The quantitative estimate of drug-likeness (QED) is 0.447. The molecule has 0 amide bonds. The lowest BCUT2D eigenvalue weighted by Gasteiger charge is -1.81. The molecule has 6 radical (unpaired) electrons. The summed E-state index contributed by atoms with van der Waals surface area (Å²) < 4.78 is 0. The molecule has 1 aliphatic rings. The number of hydrogen-bond acceptors (Lipinski definition) is 0. The molecule has 0 nitrogen and oxygen atoms in total. The molecule has 0 unspecified atom stereocenters. The van der Waals surface area contributed by atoms with E-state index in [0.717, 1.165) is 19.0 Å². The van der Waals surface area contributed by atoms with Crippen molar-refractivity contribution in [2.45, 2.75) is 0 Å². The minimum absolute atomic E-state index is 0.765. The van der Waals surface area contributed by atoms with E-state index in [-0.39, 0.29) is 0 Å². The van der Waals surface area contributed by atoms with E-state index in [4.69, 9.17) is 0 Å². The van der Waals surface area contributed by atoms with Crippen molar-refractivity contribution in [2.24, 2.45) is 0 Å². The minimum Gasteiger partial charge on any atom is -0.0986 e. The van der Waals surface area contributed by atoms with Gasteiger partial charge in [-0.05, 0) is 5.67 Å². The van der Waals surface area contributed by atoms with Gasteiger partial charge in [-0.15, -0.1) is 0 Å². The minimum atomic E-state index is 0.765. The van der Waals surface area contributed by atoms with Crippen LogP contribution < -0.4 is 0 Å². The molecule has 9 heavy (non-hydrogen) atoms. The maximum Gasteiger partial charge on any atom is 0.0740 e. The first-order valence-electron chi connectivity index (χ1n) is 2.74. The number of rotatable bonds is 0. The van der Waals surface area contributed by atoms with Crippen LogP contribution in [-0.4, -0.2) is 19.0 Å². The fraction of sp³-hybridized carbons (Fsp3) is 0. The summed E-state index contributed by atoms with van der Waals surface area (Å²) in [6.07, 6.45) is 8.21. The van der Waals surface area contributed by atoms with Crippen LogP contribution in [0.5, 0.6) is 0 Å². The Balaban J connectivity index is 2.45. The first kappa shape index (κ1) is 6.77. The Morgan fingerprint density at radius 1 is 0.778 bits per heavy atom. The summed E-state index contributed by atoms with van der Waals surface area (Å²) in [6.45, 7) is 0. The molecular weight excluding hydrogens is 140 g/mol. The van der Waals surface area contributed by atoms with Gasteiger partial charge in [0.25, 0.3) is 0 Å². The monoisotopic (exact) mass is 146 g/mol. The van der Waals surface area contributed by atoms with Crippen molar-refractivity contribution in [3.8, 4) is 0 Å². The predicted molar refractivity (Wildman–Crippen MR) is 42.2 cm³/mol. The molecule has 0 atom stereocenters. The molecule has 0 N–H and O–H groups in total. The van der Waals surface area contributed by atoms with Crippen LogP contribution in [0.15, 0.2) is 35.7 Å². The summed E-state index contributed by atoms with van der Waals surface area (Å²) in [4.78, 5) is 0. The Labute approximate surface area is 61.0 Å². The van der Waals surface area contributed by atoms with Gasteiger partial charge >= 0.3 is 0 Å². The van der Waals surface area contributed by atoms with Gasteiger partial charge in [0.15, 0.2) is 0 Å². The van der Waals surface area contributed by atoms with Crippen molar-refractivity contribution in [3.05, 3.63) is 41.4 Å². The van der Waals surface area contributed by atoms with Crippen molar-refractivity contribution in [1.29, 1.82) is 0 Å². The molecule has 1 aliphatic heterocycles. The highest BCUT2D eigenvalue weighted by atomic mass is 28.3. The van der Waals surface area contributed by atoms with Crippen molar-refractivity contribution in [3.63, 3.8) is 0 Å². The predicted octanol–water partition coefficient (Wildman–Crippen LogP) is 0.988. The molecule has 0 saturated carbocycles. The molecule has 42 valence electrons. The Bertz CT molecular complexity index is 129. The highest BCUT2D eigenvalue weighted by molar-refractivity contribution is 6.68. The molecule has 1 rings (SSSR count). The van der Waals surface area contributed by atoms with Gasteiger partial charge in [-0.2, -0.15) is 0 Å². The van der Waals surface area contributed by atoms with E-state index in [2.05, 4.69) is 29.2 Å². The van der Waals surface area contributed by atoms with Gasteiger partial charge in [0.1, 0.15) is 0 Å². The second-order valence-corrected chi connectivity index (χ2v) is 3.76. The van der Waals surface area contributed by atoms with E-state index in [0.29, 0.717) is 0 Å².